The molecule has 0 amide bonds. The van der Waals surface area contributed by atoms with Crippen molar-refractivity contribution < 1.29 is 5.11 Å². The van der Waals surface area contributed by atoms with Crippen molar-refractivity contribution in [2.24, 2.45) is 0 Å². The maximum absolute atomic E-state index is 10.3. The third kappa shape index (κ3) is 2.66. The van der Waals surface area contributed by atoms with Crippen molar-refractivity contribution in [2.45, 2.75) is 20.0 Å². The van der Waals surface area contributed by atoms with Crippen LogP contribution in [0.25, 0.3) is 0 Å². The number of nitrogen functional groups attached to an aromatic ring is 1. The average Bonchev–Trinajstić information content (AvgIpc) is 2.28. The molecule has 0 saturated carbocycles. The highest BCUT2D eigenvalue weighted by molar-refractivity contribution is 5.42. The summed E-state index contributed by atoms with van der Waals surface area (Å²) in [6.07, 6.45) is -0.589. The Morgan fingerprint density at radius 1 is 0.882 bits per heavy atom. The SMILES string of the molecule is Cc1cc(C)cc(C(O)c2ccc(N)cc2)c1. The minimum atomic E-state index is -0.589. The number of hydrogen-bond donors (Lipinski definition) is 2. The smallest absolute Gasteiger partial charge is 0.104 e. The van der Waals surface area contributed by atoms with Crippen LogP contribution in [0.3, 0.4) is 0 Å². The summed E-state index contributed by atoms with van der Waals surface area (Å²) in [6.45, 7) is 4.07. The Hall–Kier alpha value is -1.80. The Labute approximate surface area is 102 Å². The molecule has 17 heavy (non-hydrogen) atoms. The number of nitrogens with two attached hydrogens (primary N) is 1. The Balaban J connectivity index is 2.36. The van der Waals surface area contributed by atoms with Crippen molar-refractivity contribution in [1.29, 1.82) is 0 Å². The predicted octanol–water partition coefficient (Wildman–Crippen LogP) is 2.97. The standard InChI is InChI=1S/C15H17NO/c1-10-7-11(2)9-13(8-10)15(17)12-3-5-14(16)6-4-12/h3-9,15,17H,16H2,1-2H3. The monoisotopic (exact) mass is 227 g/mol. The van der Waals surface area contributed by atoms with E-state index in [4.69, 9.17) is 5.73 Å². The van der Waals surface area contributed by atoms with Crippen LogP contribution in [0.5, 0.6) is 0 Å². The molecule has 0 spiro atoms. The molecular weight excluding hydrogens is 210 g/mol. The molecule has 2 nitrogen and oxygen atoms in total. The lowest BCUT2D eigenvalue weighted by molar-refractivity contribution is 0.220. The number of rotatable bonds is 2. The third-order valence-electron chi connectivity index (χ3n) is 2.81. The Morgan fingerprint density at radius 3 is 1.94 bits per heavy atom. The molecule has 0 aliphatic rings. The lowest BCUT2D eigenvalue weighted by Crippen LogP contribution is -2.01. The first-order valence-corrected chi connectivity index (χ1v) is 5.68. The van der Waals surface area contributed by atoms with Crippen LogP contribution in [0.1, 0.15) is 28.4 Å². The third-order valence-corrected chi connectivity index (χ3v) is 2.81. The number of anilines is 1. The number of aliphatic hydroxyl groups excluding tert-OH is 1. The second-order valence-electron chi connectivity index (χ2n) is 4.49. The maximum atomic E-state index is 10.3. The van der Waals surface area contributed by atoms with Crippen molar-refractivity contribution in [2.75, 3.05) is 5.73 Å². The first-order valence-electron chi connectivity index (χ1n) is 5.68. The molecule has 2 aromatic carbocycles. The summed E-state index contributed by atoms with van der Waals surface area (Å²) in [5.41, 5.74) is 10.5. The van der Waals surface area contributed by atoms with Gasteiger partial charge in [0, 0.05) is 5.69 Å². The Morgan fingerprint density at radius 2 is 1.41 bits per heavy atom. The van der Waals surface area contributed by atoms with Crippen molar-refractivity contribution in [1.82, 2.24) is 0 Å². The Bertz CT molecular complexity index is 497. The molecule has 0 heterocycles. The first kappa shape index (κ1) is 11.7. The molecule has 0 aliphatic heterocycles. The van der Waals surface area contributed by atoms with Crippen molar-refractivity contribution >= 4 is 5.69 Å². The molecular formula is C15H17NO. The topological polar surface area (TPSA) is 46.2 Å². The molecule has 0 radical (unpaired) electrons. The summed E-state index contributed by atoms with van der Waals surface area (Å²) in [7, 11) is 0. The number of aryl methyl sites for hydroxylation is 2. The van der Waals surface area contributed by atoms with E-state index in [1.807, 2.05) is 38.1 Å². The summed E-state index contributed by atoms with van der Waals surface area (Å²) in [5, 5.41) is 10.3. The summed E-state index contributed by atoms with van der Waals surface area (Å²) in [6, 6.07) is 13.4. The second kappa shape index (κ2) is 4.60. The fraction of sp³-hybridized carbons (Fsp3) is 0.200. The van der Waals surface area contributed by atoms with E-state index < -0.39 is 6.10 Å². The molecule has 1 unspecified atom stereocenters. The van der Waals surface area contributed by atoms with Crippen LogP contribution in [-0.4, -0.2) is 5.11 Å². The highest BCUT2D eigenvalue weighted by Gasteiger charge is 2.10. The minimum Gasteiger partial charge on any atom is -0.399 e. The summed E-state index contributed by atoms with van der Waals surface area (Å²) >= 11 is 0. The quantitative estimate of drug-likeness (QED) is 0.775. The average molecular weight is 227 g/mol. The minimum absolute atomic E-state index is 0.589. The van der Waals surface area contributed by atoms with Gasteiger partial charge in [0.1, 0.15) is 6.10 Å². The van der Waals surface area contributed by atoms with Crippen LogP contribution in [-0.2, 0) is 0 Å². The van der Waals surface area contributed by atoms with E-state index in [1.54, 1.807) is 12.1 Å². The van der Waals surface area contributed by atoms with Crippen LogP contribution in [0, 0.1) is 13.8 Å². The van der Waals surface area contributed by atoms with E-state index in [1.165, 1.54) is 0 Å². The van der Waals surface area contributed by atoms with Gasteiger partial charge in [-0.25, -0.2) is 0 Å². The van der Waals surface area contributed by atoms with Gasteiger partial charge in [0.2, 0.25) is 0 Å². The summed E-state index contributed by atoms with van der Waals surface area (Å²) in [5.74, 6) is 0. The zero-order chi connectivity index (χ0) is 12.4. The van der Waals surface area contributed by atoms with E-state index in [0.29, 0.717) is 5.69 Å². The van der Waals surface area contributed by atoms with E-state index in [0.717, 1.165) is 22.3 Å². The lowest BCUT2D eigenvalue weighted by atomic mass is 9.98. The van der Waals surface area contributed by atoms with E-state index >= 15 is 0 Å². The molecule has 0 bridgehead atoms. The van der Waals surface area contributed by atoms with Crippen LogP contribution in [0.15, 0.2) is 42.5 Å². The van der Waals surface area contributed by atoms with E-state index in [2.05, 4.69) is 6.07 Å². The van der Waals surface area contributed by atoms with Gasteiger partial charge in [-0.3, -0.25) is 0 Å². The summed E-state index contributed by atoms with van der Waals surface area (Å²) < 4.78 is 0. The van der Waals surface area contributed by atoms with Gasteiger partial charge >= 0.3 is 0 Å². The van der Waals surface area contributed by atoms with Gasteiger partial charge in [-0.2, -0.15) is 0 Å². The fourth-order valence-electron chi connectivity index (χ4n) is 2.04. The van der Waals surface area contributed by atoms with Gasteiger partial charge in [-0.15, -0.1) is 0 Å². The predicted molar refractivity (Wildman–Crippen MR) is 70.8 cm³/mol. The van der Waals surface area contributed by atoms with Crippen molar-refractivity contribution in [3.63, 3.8) is 0 Å². The Kier molecular flexibility index (Phi) is 3.16. The molecule has 1 atom stereocenters. The largest absolute Gasteiger partial charge is 0.399 e. The molecule has 2 aromatic rings. The van der Waals surface area contributed by atoms with E-state index in [9.17, 15) is 5.11 Å². The molecule has 0 aliphatic carbocycles. The number of aliphatic hydroxyl groups is 1. The highest BCUT2D eigenvalue weighted by atomic mass is 16.3. The molecule has 0 aromatic heterocycles. The lowest BCUT2D eigenvalue weighted by Gasteiger charge is -2.13. The van der Waals surface area contributed by atoms with Gasteiger partial charge < -0.3 is 10.8 Å². The molecule has 0 saturated heterocycles. The zero-order valence-electron chi connectivity index (χ0n) is 10.1. The molecule has 88 valence electrons. The molecule has 2 heteroatoms. The van der Waals surface area contributed by atoms with Crippen molar-refractivity contribution in [3.05, 3.63) is 64.7 Å². The van der Waals surface area contributed by atoms with E-state index in [-0.39, 0.29) is 0 Å². The number of benzene rings is 2. The van der Waals surface area contributed by atoms with Gasteiger partial charge in [-0.05, 0) is 37.1 Å². The fourth-order valence-corrected chi connectivity index (χ4v) is 2.04. The number of hydrogen-bond acceptors (Lipinski definition) is 2. The van der Waals surface area contributed by atoms with Gasteiger partial charge in [0.25, 0.3) is 0 Å². The maximum Gasteiger partial charge on any atom is 0.104 e. The van der Waals surface area contributed by atoms with Crippen LogP contribution < -0.4 is 5.73 Å². The molecule has 3 N–H and O–H groups in total. The van der Waals surface area contributed by atoms with Gasteiger partial charge in [0.15, 0.2) is 0 Å². The van der Waals surface area contributed by atoms with Gasteiger partial charge in [0.05, 0.1) is 0 Å². The first-order chi connectivity index (χ1) is 8.06. The van der Waals surface area contributed by atoms with Crippen LogP contribution >= 0.6 is 0 Å². The normalized spacial score (nSPS) is 12.4. The van der Waals surface area contributed by atoms with Crippen molar-refractivity contribution in [3.8, 4) is 0 Å². The molecule has 0 fully saturated rings. The highest BCUT2D eigenvalue weighted by Crippen LogP contribution is 2.24. The zero-order valence-corrected chi connectivity index (χ0v) is 10.1. The van der Waals surface area contributed by atoms with Crippen LogP contribution in [0.4, 0.5) is 5.69 Å². The van der Waals surface area contributed by atoms with Gasteiger partial charge in [-0.1, -0.05) is 41.5 Å². The van der Waals surface area contributed by atoms with Crippen LogP contribution in [0.2, 0.25) is 0 Å². The second-order valence-corrected chi connectivity index (χ2v) is 4.49. The summed E-state index contributed by atoms with van der Waals surface area (Å²) in [4.78, 5) is 0. The molecule has 2 rings (SSSR count).